The van der Waals surface area contributed by atoms with E-state index in [0.29, 0.717) is 17.7 Å². The lowest BCUT2D eigenvalue weighted by atomic mass is 10.1. The summed E-state index contributed by atoms with van der Waals surface area (Å²) in [5, 5.41) is 20.8. The zero-order chi connectivity index (χ0) is 13.7. The van der Waals surface area contributed by atoms with Gasteiger partial charge >= 0.3 is 0 Å². The van der Waals surface area contributed by atoms with Crippen LogP contribution >= 0.6 is 0 Å². The van der Waals surface area contributed by atoms with Crippen LogP contribution in [0.4, 0.5) is 0 Å². The summed E-state index contributed by atoms with van der Waals surface area (Å²) >= 11 is 0. The highest BCUT2D eigenvalue weighted by atomic mass is 16.4. The molecule has 1 aromatic rings. The van der Waals surface area contributed by atoms with Crippen LogP contribution in [0.25, 0.3) is 0 Å². The molecule has 0 spiro atoms. The number of carbonyl (C=O) groups is 1. The van der Waals surface area contributed by atoms with Crippen molar-refractivity contribution in [3.63, 3.8) is 0 Å². The molecule has 0 heterocycles. The molecule has 98 valence electrons. The normalized spacial score (nSPS) is 11.3. The molecule has 6 heteroatoms. The standard InChI is InChI=1S/C12H17N3O3/c1-8-9(4-3-5-10(8)16)12(17)15(2)7-6-11(13)14-18/h3-5,16,18H,6-7H2,1-2H3,(H2,13,14). The fourth-order valence-electron chi connectivity index (χ4n) is 1.49. The van der Waals surface area contributed by atoms with Crippen LogP contribution in [-0.4, -0.2) is 40.5 Å². The Balaban J connectivity index is 2.78. The van der Waals surface area contributed by atoms with E-state index in [1.54, 1.807) is 26.1 Å². The van der Waals surface area contributed by atoms with Crippen molar-refractivity contribution >= 4 is 11.7 Å². The van der Waals surface area contributed by atoms with E-state index in [1.165, 1.54) is 11.0 Å². The number of nitrogens with zero attached hydrogens (tertiary/aromatic N) is 2. The van der Waals surface area contributed by atoms with Gasteiger partial charge in [-0.2, -0.15) is 0 Å². The summed E-state index contributed by atoms with van der Waals surface area (Å²) in [6.45, 7) is 2.02. The van der Waals surface area contributed by atoms with Crippen molar-refractivity contribution < 1.29 is 15.1 Å². The first kappa shape index (κ1) is 13.8. The molecule has 1 rings (SSSR count). The molecular formula is C12H17N3O3. The van der Waals surface area contributed by atoms with Gasteiger partial charge in [-0.15, -0.1) is 0 Å². The summed E-state index contributed by atoms with van der Waals surface area (Å²) in [6.07, 6.45) is 0.288. The van der Waals surface area contributed by atoms with Crippen LogP contribution in [-0.2, 0) is 0 Å². The average Bonchev–Trinajstić information content (AvgIpc) is 2.37. The first-order valence-corrected chi connectivity index (χ1v) is 5.47. The number of carbonyl (C=O) groups excluding carboxylic acids is 1. The number of phenolic OH excluding ortho intramolecular Hbond substituents is 1. The summed E-state index contributed by atoms with van der Waals surface area (Å²) in [5.74, 6) is -0.0536. The molecule has 0 aromatic heterocycles. The smallest absolute Gasteiger partial charge is 0.254 e. The second-order valence-electron chi connectivity index (χ2n) is 4.02. The Kier molecular flexibility index (Phi) is 4.53. The predicted molar refractivity (Wildman–Crippen MR) is 67.8 cm³/mol. The summed E-state index contributed by atoms with van der Waals surface area (Å²) in [7, 11) is 1.62. The predicted octanol–water partition coefficient (Wildman–Crippen LogP) is 0.909. The SMILES string of the molecule is Cc1c(O)cccc1C(=O)N(C)CC/C(N)=N/O. The lowest BCUT2D eigenvalue weighted by molar-refractivity contribution is 0.0797. The van der Waals surface area contributed by atoms with Gasteiger partial charge in [-0.05, 0) is 19.1 Å². The number of benzene rings is 1. The number of hydrogen-bond acceptors (Lipinski definition) is 4. The van der Waals surface area contributed by atoms with Gasteiger partial charge in [0.25, 0.3) is 5.91 Å². The van der Waals surface area contributed by atoms with Gasteiger partial charge in [0, 0.05) is 31.1 Å². The summed E-state index contributed by atoms with van der Waals surface area (Å²) in [4.78, 5) is 13.5. The van der Waals surface area contributed by atoms with Crippen molar-refractivity contribution in [3.8, 4) is 5.75 Å². The van der Waals surface area contributed by atoms with E-state index in [9.17, 15) is 9.90 Å². The number of amidine groups is 1. The van der Waals surface area contributed by atoms with Crippen LogP contribution in [0.2, 0.25) is 0 Å². The lowest BCUT2D eigenvalue weighted by Gasteiger charge is -2.18. The van der Waals surface area contributed by atoms with E-state index < -0.39 is 0 Å². The molecule has 0 unspecified atom stereocenters. The van der Waals surface area contributed by atoms with Crippen LogP contribution in [0.15, 0.2) is 23.4 Å². The minimum Gasteiger partial charge on any atom is -0.508 e. The molecule has 0 bridgehead atoms. The highest BCUT2D eigenvalue weighted by Crippen LogP contribution is 2.20. The lowest BCUT2D eigenvalue weighted by Crippen LogP contribution is -2.31. The summed E-state index contributed by atoms with van der Waals surface area (Å²) in [6, 6.07) is 4.80. The van der Waals surface area contributed by atoms with Crippen molar-refractivity contribution in [2.75, 3.05) is 13.6 Å². The molecule has 0 aliphatic heterocycles. The van der Waals surface area contributed by atoms with Gasteiger partial charge in [0.05, 0.1) is 0 Å². The molecule has 18 heavy (non-hydrogen) atoms. The Hall–Kier alpha value is -2.24. The highest BCUT2D eigenvalue weighted by Gasteiger charge is 2.15. The van der Waals surface area contributed by atoms with Crippen LogP contribution in [0.5, 0.6) is 5.75 Å². The van der Waals surface area contributed by atoms with Gasteiger partial charge in [0.15, 0.2) is 0 Å². The highest BCUT2D eigenvalue weighted by molar-refractivity contribution is 5.96. The zero-order valence-corrected chi connectivity index (χ0v) is 10.4. The maximum Gasteiger partial charge on any atom is 0.254 e. The van der Waals surface area contributed by atoms with Crippen molar-refractivity contribution in [3.05, 3.63) is 29.3 Å². The number of phenols is 1. The van der Waals surface area contributed by atoms with Gasteiger partial charge < -0.3 is 20.9 Å². The molecule has 1 aromatic carbocycles. The Morgan fingerprint density at radius 2 is 2.17 bits per heavy atom. The first-order chi connectivity index (χ1) is 8.47. The molecule has 0 saturated carbocycles. The molecule has 0 saturated heterocycles. The van der Waals surface area contributed by atoms with Crippen LogP contribution in [0.3, 0.4) is 0 Å². The van der Waals surface area contributed by atoms with Gasteiger partial charge in [0.2, 0.25) is 0 Å². The molecule has 0 radical (unpaired) electrons. The maximum absolute atomic E-state index is 12.1. The minimum absolute atomic E-state index is 0.0716. The van der Waals surface area contributed by atoms with Crippen LogP contribution in [0.1, 0.15) is 22.3 Å². The van der Waals surface area contributed by atoms with Crippen molar-refractivity contribution in [1.29, 1.82) is 0 Å². The molecule has 0 aliphatic rings. The number of hydrogen-bond donors (Lipinski definition) is 3. The first-order valence-electron chi connectivity index (χ1n) is 5.47. The van der Waals surface area contributed by atoms with Gasteiger partial charge in [-0.1, -0.05) is 11.2 Å². The largest absolute Gasteiger partial charge is 0.508 e. The van der Waals surface area contributed by atoms with Gasteiger partial charge in [-0.3, -0.25) is 4.79 Å². The van der Waals surface area contributed by atoms with Crippen LogP contribution < -0.4 is 5.73 Å². The van der Waals surface area contributed by atoms with E-state index in [0.717, 1.165) is 0 Å². The molecule has 0 atom stereocenters. The summed E-state index contributed by atoms with van der Waals surface area (Å²) in [5.41, 5.74) is 6.32. The third kappa shape index (κ3) is 3.13. The summed E-state index contributed by atoms with van der Waals surface area (Å²) < 4.78 is 0. The topological polar surface area (TPSA) is 99.2 Å². The molecule has 1 amide bonds. The Labute approximate surface area is 105 Å². The fraction of sp³-hybridized carbons (Fsp3) is 0.333. The molecule has 0 aliphatic carbocycles. The number of nitrogens with two attached hydrogens (primary N) is 1. The third-order valence-electron chi connectivity index (χ3n) is 2.71. The number of rotatable bonds is 4. The monoisotopic (exact) mass is 251 g/mol. The number of oxime groups is 1. The Morgan fingerprint density at radius 3 is 2.78 bits per heavy atom. The van der Waals surface area contributed by atoms with Gasteiger partial charge in [-0.25, -0.2) is 0 Å². The molecule has 4 N–H and O–H groups in total. The van der Waals surface area contributed by atoms with E-state index in [4.69, 9.17) is 10.9 Å². The molecule has 6 nitrogen and oxygen atoms in total. The second-order valence-corrected chi connectivity index (χ2v) is 4.02. The molecule has 0 fully saturated rings. The number of aromatic hydroxyl groups is 1. The Bertz CT molecular complexity index is 472. The van der Waals surface area contributed by atoms with E-state index in [1.807, 2.05) is 0 Å². The second kappa shape index (κ2) is 5.90. The van der Waals surface area contributed by atoms with Crippen molar-refractivity contribution in [2.45, 2.75) is 13.3 Å². The Morgan fingerprint density at radius 1 is 1.50 bits per heavy atom. The average molecular weight is 251 g/mol. The maximum atomic E-state index is 12.1. The van der Waals surface area contributed by atoms with E-state index >= 15 is 0 Å². The number of amides is 1. The minimum atomic E-state index is -0.214. The van der Waals surface area contributed by atoms with Crippen molar-refractivity contribution in [1.82, 2.24) is 4.90 Å². The zero-order valence-electron chi connectivity index (χ0n) is 10.4. The quantitative estimate of drug-likeness (QED) is 0.320. The van der Waals surface area contributed by atoms with E-state index in [2.05, 4.69) is 5.16 Å². The van der Waals surface area contributed by atoms with E-state index in [-0.39, 0.29) is 23.9 Å². The van der Waals surface area contributed by atoms with Crippen molar-refractivity contribution in [2.24, 2.45) is 10.9 Å². The third-order valence-corrected chi connectivity index (χ3v) is 2.71. The van der Waals surface area contributed by atoms with Gasteiger partial charge in [0.1, 0.15) is 11.6 Å². The van der Waals surface area contributed by atoms with Crippen LogP contribution in [0, 0.1) is 6.92 Å². The fourth-order valence-corrected chi connectivity index (χ4v) is 1.49. The molecular weight excluding hydrogens is 234 g/mol.